The second-order valence-electron chi connectivity index (χ2n) is 9.28. The van der Waals surface area contributed by atoms with Gasteiger partial charge in [-0.2, -0.15) is 0 Å². The number of halogens is 1. The fourth-order valence-corrected chi connectivity index (χ4v) is 5.90. The first-order valence-electron chi connectivity index (χ1n) is 12.0. The Labute approximate surface area is 227 Å². The van der Waals surface area contributed by atoms with E-state index >= 15 is 0 Å². The lowest BCUT2D eigenvalue weighted by Crippen LogP contribution is -2.52. The van der Waals surface area contributed by atoms with Gasteiger partial charge >= 0.3 is 0 Å². The lowest BCUT2D eigenvalue weighted by atomic mass is 10.1. The maximum atomic E-state index is 13.7. The van der Waals surface area contributed by atoms with E-state index in [0.717, 1.165) is 18.6 Å². The molecule has 1 heterocycles. The minimum Gasteiger partial charge on any atom is -0.367 e. The van der Waals surface area contributed by atoms with Crippen LogP contribution < -0.4 is 9.80 Å². The predicted molar refractivity (Wildman–Crippen MR) is 146 cm³/mol. The molecular formula is C27H28FN3O6S2. The fourth-order valence-electron chi connectivity index (χ4n) is 4.37. The first-order valence-corrected chi connectivity index (χ1v) is 15.8. The zero-order valence-electron chi connectivity index (χ0n) is 21.4. The maximum Gasteiger partial charge on any atom is 0.258 e. The first-order chi connectivity index (χ1) is 18.3. The zero-order chi connectivity index (χ0) is 28.4. The van der Waals surface area contributed by atoms with Gasteiger partial charge in [0, 0.05) is 49.9 Å². The second-order valence-corrected chi connectivity index (χ2v) is 13.3. The van der Waals surface area contributed by atoms with Gasteiger partial charge in [0.15, 0.2) is 19.7 Å². The summed E-state index contributed by atoms with van der Waals surface area (Å²) in [4.78, 5) is 31.4. The van der Waals surface area contributed by atoms with Crippen molar-refractivity contribution in [2.75, 3.05) is 55.0 Å². The molecule has 0 aromatic heterocycles. The SMILES string of the molecule is CS(=O)(=O)c1ccc(C(=O)N(CC(=O)N2CCN(c3ccc(F)cc3S(C)(=O)=O)CC2)c2ccccc2)cc1. The Hall–Kier alpha value is -3.77. The molecule has 0 unspecified atom stereocenters. The number of nitrogens with zero attached hydrogens (tertiary/aromatic N) is 3. The van der Waals surface area contributed by atoms with Crippen molar-refractivity contribution in [2.45, 2.75) is 9.79 Å². The Morgan fingerprint density at radius 3 is 2.00 bits per heavy atom. The monoisotopic (exact) mass is 573 g/mol. The van der Waals surface area contributed by atoms with Crippen LogP contribution >= 0.6 is 0 Å². The molecule has 12 heteroatoms. The predicted octanol–water partition coefficient (Wildman–Crippen LogP) is 2.63. The summed E-state index contributed by atoms with van der Waals surface area (Å²) in [6.45, 7) is 0.957. The third-order valence-corrected chi connectivity index (χ3v) is 8.68. The molecule has 0 bridgehead atoms. The van der Waals surface area contributed by atoms with Crippen LogP contribution in [0.15, 0.2) is 82.6 Å². The van der Waals surface area contributed by atoms with Crippen LogP contribution in [0.4, 0.5) is 15.8 Å². The van der Waals surface area contributed by atoms with Crippen LogP contribution in [0.2, 0.25) is 0 Å². The second kappa shape index (κ2) is 11.1. The molecule has 0 aliphatic carbocycles. The van der Waals surface area contributed by atoms with E-state index < -0.39 is 31.4 Å². The van der Waals surface area contributed by atoms with Crippen molar-refractivity contribution in [3.63, 3.8) is 0 Å². The first kappa shape index (κ1) is 28.2. The third-order valence-electron chi connectivity index (χ3n) is 6.43. The fraction of sp³-hybridized carbons (Fsp3) is 0.259. The van der Waals surface area contributed by atoms with Gasteiger partial charge in [0.05, 0.1) is 15.5 Å². The molecule has 3 aromatic carbocycles. The highest BCUT2D eigenvalue weighted by molar-refractivity contribution is 7.91. The van der Waals surface area contributed by atoms with Crippen LogP contribution in [0.3, 0.4) is 0 Å². The molecule has 206 valence electrons. The van der Waals surface area contributed by atoms with Gasteiger partial charge in [-0.25, -0.2) is 21.2 Å². The van der Waals surface area contributed by atoms with Crippen LogP contribution in [0.5, 0.6) is 0 Å². The van der Waals surface area contributed by atoms with Gasteiger partial charge in [-0.3, -0.25) is 14.5 Å². The number of sulfone groups is 2. The third kappa shape index (κ3) is 6.63. The maximum absolute atomic E-state index is 13.7. The number of hydrogen-bond donors (Lipinski definition) is 0. The number of benzene rings is 3. The van der Waals surface area contributed by atoms with Crippen LogP contribution in [-0.4, -0.2) is 78.8 Å². The highest BCUT2D eigenvalue weighted by Crippen LogP contribution is 2.27. The van der Waals surface area contributed by atoms with Crippen molar-refractivity contribution in [3.05, 3.63) is 84.2 Å². The smallest absolute Gasteiger partial charge is 0.258 e. The summed E-state index contributed by atoms with van der Waals surface area (Å²) < 4.78 is 61.7. The largest absolute Gasteiger partial charge is 0.367 e. The Morgan fingerprint density at radius 1 is 0.821 bits per heavy atom. The summed E-state index contributed by atoms with van der Waals surface area (Å²) in [6.07, 6.45) is 2.10. The molecule has 1 aliphatic rings. The van der Waals surface area contributed by atoms with E-state index in [-0.39, 0.29) is 40.9 Å². The Morgan fingerprint density at radius 2 is 1.44 bits per heavy atom. The number of anilines is 2. The minimum atomic E-state index is -3.67. The molecule has 0 radical (unpaired) electrons. The normalized spacial score (nSPS) is 14.2. The molecule has 0 saturated carbocycles. The van der Waals surface area contributed by atoms with Gasteiger partial charge in [0.25, 0.3) is 5.91 Å². The van der Waals surface area contributed by atoms with Crippen molar-refractivity contribution in [1.29, 1.82) is 0 Å². The van der Waals surface area contributed by atoms with Crippen molar-refractivity contribution < 1.29 is 30.8 Å². The van der Waals surface area contributed by atoms with E-state index in [1.165, 1.54) is 41.3 Å². The highest BCUT2D eigenvalue weighted by atomic mass is 32.2. The number of carbonyl (C=O) groups excluding carboxylic acids is 2. The van der Waals surface area contributed by atoms with E-state index in [1.807, 2.05) is 0 Å². The molecule has 1 fully saturated rings. The number of piperazine rings is 1. The van der Waals surface area contributed by atoms with Gasteiger partial charge in [0.2, 0.25) is 5.91 Å². The lowest BCUT2D eigenvalue weighted by Gasteiger charge is -2.37. The quantitative estimate of drug-likeness (QED) is 0.427. The molecule has 0 atom stereocenters. The number of hydrogen-bond acceptors (Lipinski definition) is 7. The van der Waals surface area contributed by atoms with Crippen molar-refractivity contribution in [1.82, 2.24) is 4.90 Å². The number of amides is 2. The molecule has 39 heavy (non-hydrogen) atoms. The minimum absolute atomic E-state index is 0.0828. The highest BCUT2D eigenvalue weighted by Gasteiger charge is 2.28. The number of para-hydroxylation sites is 1. The molecule has 2 amide bonds. The molecular weight excluding hydrogens is 545 g/mol. The van der Waals surface area contributed by atoms with E-state index in [9.17, 15) is 30.8 Å². The molecule has 1 saturated heterocycles. The van der Waals surface area contributed by atoms with E-state index in [2.05, 4.69) is 0 Å². The lowest BCUT2D eigenvalue weighted by molar-refractivity contribution is -0.129. The summed E-state index contributed by atoms with van der Waals surface area (Å²) in [5, 5.41) is 0. The van der Waals surface area contributed by atoms with Gasteiger partial charge in [0.1, 0.15) is 12.4 Å². The van der Waals surface area contributed by atoms with Crippen LogP contribution in [0, 0.1) is 5.82 Å². The number of rotatable bonds is 7. The average Bonchev–Trinajstić information content (AvgIpc) is 2.91. The Bertz CT molecular complexity index is 1590. The average molecular weight is 574 g/mol. The van der Waals surface area contributed by atoms with Gasteiger partial charge in [-0.05, 0) is 54.6 Å². The summed E-state index contributed by atoms with van der Waals surface area (Å²) >= 11 is 0. The van der Waals surface area contributed by atoms with E-state index in [1.54, 1.807) is 40.1 Å². The molecule has 4 rings (SSSR count). The molecule has 0 spiro atoms. The van der Waals surface area contributed by atoms with Gasteiger partial charge < -0.3 is 9.80 Å². The summed E-state index contributed by atoms with van der Waals surface area (Å²) in [7, 11) is -7.10. The molecule has 9 nitrogen and oxygen atoms in total. The van der Waals surface area contributed by atoms with Crippen LogP contribution in [0.1, 0.15) is 10.4 Å². The Kier molecular flexibility index (Phi) is 8.07. The van der Waals surface area contributed by atoms with Crippen molar-refractivity contribution in [3.8, 4) is 0 Å². The standard InChI is InChI=1S/C27H28FN3O6S2/c1-38(34,35)23-11-8-20(9-12-23)27(33)31(22-6-4-3-5-7-22)19-26(32)30-16-14-29(15-17-30)24-13-10-21(28)18-25(24)39(2,36)37/h3-13,18H,14-17,19H2,1-2H3. The van der Waals surface area contributed by atoms with Crippen molar-refractivity contribution in [2.24, 2.45) is 0 Å². The molecule has 3 aromatic rings. The topological polar surface area (TPSA) is 112 Å². The van der Waals surface area contributed by atoms with E-state index in [0.29, 0.717) is 24.5 Å². The zero-order valence-corrected chi connectivity index (χ0v) is 23.1. The summed E-state index contributed by atoms with van der Waals surface area (Å²) in [6, 6.07) is 17.8. The summed E-state index contributed by atoms with van der Waals surface area (Å²) in [5.74, 6) is -1.41. The Balaban J connectivity index is 1.50. The van der Waals surface area contributed by atoms with Crippen LogP contribution in [-0.2, 0) is 24.5 Å². The molecule has 1 aliphatic heterocycles. The van der Waals surface area contributed by atoms with Gasteiger partial charge in [-0.15, -0.1) is 0 Å². The van der Waals surface area contributed by atoms with Crippen LogP contribution in [0.25, 0.3) is 0 Å². The number of carbonyl (C=O) groups is 2. The van der Waals surface area contributed by atoms with Crippen molar-refractivity contribution >= 4 is 42.9 Å². The van der Waals surface area contributed by atoms with E-state index in [4.69, 9.17) is 0 Å². The van der Waals surface area contributed by atoms with Gasteiger partial charge in [-0.1, -0.05) is 18.2 Å². The molecule has 0 N–H and O–H groups in total. The summed E-state index contributed by atoms with van der Waals surface area (Å²) in [5.41, 5.74) is 1.11.